The topological polar surface area (TPSA) is 84.8 Å². The molecule has 2 aromatic carbocycles. The predicted molar refractivity (Wildman–Crippen MR) is 157 cm³/mol. The highest BCUT2D eigenvalue weighted by Gasteiger charge is 2.28. The minimum Gasteiger partial charge on any atom is -0.478 e. The van der Waals surface area contributed by atoms with Crippen LogP contribution in [0.4, 0.5) is 0 Å². The number of aliphatic hydroxyl groups is 1. The third kappa shape index (κ3) is 7.84. The molecule has 0 unspecified atom stereocenters. The SMILES string of the molecule is CC1=CC(c2cccc(C(=O)O)c2)=CC(SN(C)C[C@H](O)CNC(C)(C)CC2Cc3ccccc3C2)=CN1. The summed E-state index contributed by atoms with van der Waals surface area (Å²) in [5, 5.41) is 27.0. The van der Waals surface area contributed by atoms with Crippen molar-refractivity contribution in [1.29, 1.82) is 0 Å². The number of allylic oxidation sites excluding steroid dienone is 4. The van der Waals surface area contributed by atoms with Crippen LogP contribution in [0.2, 0.25) is 0 Å². The van der Waals surface area contributed by atoms with E-state index < -0.39 is 12.1 Å². The van der Waals surface area contributed by atoms with E-state index in [1.807, 2.05) is 42.7 Å². The van der Waals surface area contributed by atoms with Crippen LogP contribution in [0.25, 0.3) is 5.57 Å². The highest BCUT2D eigenvalue weighted by molar-refractivity contribution is 8.01. The number of carboxylic acid groups (broad SMARTS) is 1. The first-order chi connectivity index (χ1) is 18.1. The van der Waals surface area contributed by atoms with E-state index in [1.165, 1.54) is 11.1 Å². The molecule has 0 saturated carbocycles. The molecule has 2 aromatic rings. The quantitative estimate of drug-likeness (QED) is 0.294. The van der Waals surface area contributed by atoms with Crippen molar-refractivity contribution in [3.8, 4) is 0 Å². The fourth-order valence-electron chi connectivity index (χ4n) is 5.31. The Balaban J connectivity index is 1.29. The van der Waals surface area contributed by atoms with Crippen LogP contribution in [-0.2, 0) is 12.8 Å². The van der Waals surface area contributed by atoms with Crippen molar-refractivity contribution in [3.63, 3.8) is 0 Å². The Hall–Kier alpha value is -2.84. The largest absolute Gasteiger partial charge is 0.478 e. The van der Waals surface area contributed by atoms with Gasteiger partial charge in [-0.3, -0.25) is 0 Å². The van der Waals surface area contributed by atoms with Crippen molar-refractivity contribution in [2.45, 2.75) is 51.7 Å². The summed E-state index contributed by atoms with van der Waals surface area (Å²) in [6.07, 6.45) is 8.82. The second kappa shape index (κ2) is 12.3. The van der Waals surface area contributed by atoms with Crippen LogP contribution in [-0.4, -0.2) is 52.3 Å². The maximum Gasteiger partial charge on any atom is 0.335 e. The Morgan fingerprint density at radius 3 is 2.55 bits per heavy atom. The van der Waals surface area contributed by atoms with Crippen LogP contribution in [0.15, 0.2) is 77.5 Å². The summed E-state index contributed by atoms with van der Waals surface area (Å²) in [6.45, 7) is 7.46. The second-order valence-corrected chi connectivity index (χ2v) is 12.3. The van der Waals surface area contributed by atoms with Crippen molar-refractivity contribution >= 4 is 23.5 Å². The molecule has 0 aromatic heterocycles. The Kier molecular flexibility index (Phi) is 9.15. The molecular weight excluding hydrogens is 494 g/mol. The number of carboxylic acids is 1. The number of hydrogen-bond donors (Lipinski definition) is 4. The third-order valence-corrected chi connectivity index (χ3v) is 7.94. The lowest BCUT2D eigenvalue weighted by Crippen LogP contribution is -2.46. The maximum atomic E-state index is 11.4. The summed E-state index contributed by atoms with van der Waals surface area (Å²) in [5.41, 5.74) is 5.90. The van der Waals surface area contributed by atoms with Gasteiger partial charge >= 0.3 is 5.97 Å². The van der Waals surface area contributed by atoms with Crippen LogP contribution in [0.1, 0.15) is 54.2 Å². The van der Waals surface area contributed by atoms with Crippen LogP contribution >= 0.6 is 11.9 Å². The number of β-amino-alcohol motifs (C(OH)–C–C–N with tert-alkyl or cyclic N) is 1. The first-order valence-electron chi connectivity index (χ1n) is 13.2. The molecule has 0 bridgehead atoms. The predicted octanol–water partition coefficient (Wildman–Crippen LogP) is 5.23. The minimum atomic E-state index is -0.941. The molecule has 0 saturated heterocycles. The van der Waals surface area contributed by atoms with E-state index in [4.69, 9.17) is 0 Å². The molecule has 1 atom stereocenters. The monoisotopic (exact) mass is 533 g/mol. The molecule has 2 aliphatic rings. The summed E-state index contributed by atoms with van der Waals surface area (Å²) >= 11 is 1.54. The fraction of sp³-hybridized carbons (Fsp3) is 0.387. The van der Waals surface area contributed by atoms with E-state index in [2.05, 4.69) is 48.7 Å². The fourth-order valence-corrected chi connectivity index (χ4v) is 6.21. The van der Waals surface area contributed by atoms with Gasteiger partial charge in [-0.15, -0.1) is 0 Å². The number of nitrogens with zero attached hydrogens (tertiary/aromatic N) is 1. The summed E-state index contributed by atoms with van der Waals surface area (Å²) in [5.74, 6) is -0.307. The van der Waals surface area contributed by atoms with E-state index in [1.54, 1.807) is 30.1 Å². The molecule has 4 N–H and O–H groups in total. The van der Waals surface area contributed by atoms with Gasteiger partial charge in [-0.1, -0.05) is 36.4 Å². The first-order valence-corrected chi connectivity index (χ1v) is 13.9. The van der Waals surface area contributed by atoms with Crippen molar-refractivity contribution in [2.24, 2.45) is 5.92 Å². The van der Waals surface area contributed by atoms with Gasteiger partial charge in [-0.2, -0.15) is 0 Å². The molecule has 1 aliphatic carbocycles. The molecule has 202 valence electrons. The standard InChI is InChI=1S/C31H39N3O3S/c1-21-12-27(25-10-7-11-26(15-25)30(36)37)16-29(19-32-21)38-34(4)20-28(35)18-33-31(2,3)17-22-13-23-8-5-6-9-24(23)14-22/h5-12,15-16,19,22,28,32-33,35H,13-14,17-18,20H2,1-4H3,(H,36,37)/t28-/m1/s1. The normalized spacial score (nSPS) is 16.7. The lowest BCUT2D eigenvalue weighted by molar-refractivity contribution is 0.0697. The van der Waals surface area contributed by atoms with Gasteiger partial charge in [0, 0.05) is 35.4 Å². The van der Waals surface area contributed by atoms with Gasteiger partial charge in [0.05, 0.1) is 11.7 Å². The average Bonchev–Trinajstić information content (AvgIpc) is 3.17. The lowest BCUT2D eigenvalue weighted by Gasteiger charge is -2.31. The molecule has 0 fully saturated rings. The lowest BCUT2D eigenvalue weighted by atomic mass is 9.88. The Labute approximate surface area is 230 Å². The summed E-state index contributed by atoms with van der Waals surface area (Å²) in [7, 11) is 1.97. The number of hydrogen-bond acceptors (Lipinski definition) is 6. The van der Waals surface area contributed by atoms with Crippen LogP contribution in [0.3, 0.4) is 0 Å². The van der Waals surface area contributed by atoms with E-state index in [0.717, 1.165) is 41.0 Å². The van der Waals surface area contributed by atoms with Gasteiger partial charge in [-0.25, -0.2) is 9.10 Å². The van der Waals surface area contributed by atoms with Gasteiger partial charge in [0.15, 0.2) is 0 Å². The van der Waals surface area contributed by atoms with Crippen molar-refractivity contribution in [2.75, 3.05) is 20.1 Å². The van der Waals surface area contributed by atoms with E-state index >= 15 is 0 Å². The van der Waals surface area contributed by atoms with Gasteiger partial charge < -0.3 is 20.8 Å². The van der Waals surface area contributed by atoms with Crippen molar-refractivity contribution < 1.29 is 15.0 Å². The van der Waals surface area contributed by atoms with Gasteiger partial charge in [0.1, 0.15) is 0 Å². The summed E-state index contributed by atoms with van der Waals surface area (Å²) in [6, 6.07) is 15.7. The summed E-state index contributed by atoms with van der Waals surface area (Å²) in [4.78, 5) is 12.4. The smallest absolute Gasteiger partial charge is 0.335 e. The number of rotatable bonds is 11. The van der Waals surface area contributed by atoms with Crippen molar-refractivity contribution in [1.82, 2.24) is 14.9 Å². The van der Waals surface area contributed by atoms with E-state index in [9.17, 15) is 15.0 Å². The molecule has 1 heterocycles. The zero-order chi connectivity index (χ0) is 27.3. The van der Waals surface area contributed by atoms with Crippen LogP contribution < -0.4 is 10.6 Å². The molecule has 0 spiro atoms. The molecule has 1 aliphatic heterocycles. The first kappa shape index (κ1) is 28.2. The number of carbonyl (C=O) groups is 1. The van der Waals surface area contributed by atoms with Crippen LogP contribution in [0.5, 0.6) is 0 Å². The Morgan fingerprint density at radius 2 is 1.87 bits per heavy atom. The number of nitrogens with one attached hydrogen (secondary N) is 2. The van der Waals surface area contributed by atoms with E-state index in [-0.39, 0.29) is 11.1 Å². The molecule has 0 amide bonds. The number of aromatic carboxylic acids is 1. The van der Waals surface area contributed by atoms with Gasteiger partial charge in [0.25, 0.3) is 0 Å². The molecule has 38 heavy (non-hydrogen) atoms. The Morgan fingerprint density at radius 1 is 1.16 bits per heavy atom. The minimum absolute atomic E-state index is 0.0571. The highest BCUT2D eigenvalue weighted by Crippen LogP contribution is 2.32. The summed E-state index contributed by atoms with van der Waals surface area (Å²) < 4.78 is 2.03. The van der Waals surface area contributed by atoms with Gasteiger partial charge in [0.2, 0.25) is 0 Å². The number of benzene rings is 2. The van der Waals surface area contributed by atoms with Crippen molar-refractivity contribution in [3.05, 3.63) is 99.7 Å². The molecule has 7 heteroatoms. The highest BCUT2D eigenvalue weighted by atomic mass is 32.2. The third-order valence-electron chi connectivity index (χ3n) is 7.03. The number of fused-ring (bicyclic) bond motifs is 1. The zero-order valence-electron chi connectivity index (χ0n) is 22.7. The Bertz CT molecular complexity index is 1230. The number of likely N-dealkylation sites (N-methyl/N-ethyl adjacent to an activating group) is 1. The van der Waals surface area contributed by atoms with E-state index in [0.29, 0.717) is 19.0 Å². The molecule has 0 radical (unpaired) electrons. The zero-order valence-corrected chi connectivity index (χ0v) is 23.5. The van der Waals surface area contributed by atoms with Crippen LogP contribution in [0, 0.1) is 5.92 Å². The molecule has 4 rings (SSSR count). The molecular formula is C31H39N3O3S. The van der Waals surface area contributed by atoms with Gasteiger partial charge in [-0.05, 0) is 111 Å². The molecule has 6 nitrogen and oxygen atoms in total. The maximum absolute atomic E-state index is 11.4. The number of aliphatic hydroxyl groups excluding tert-OH is 1. The second-order valence-electron chi connectivity index (χ2n) is 11.1. The average molecular weight is 534 g/mol.